The Balaban J connectivity index is 1.36. The van der Waals surface area contributed by atoms with Gasteiger partial charge in [0.25, 0.3) is 0 Å². The average Bonchev–Trinajstić information content (AvgIpc) is 3.69. The highest BCUT2D eigenvalue weighted by Gasteiger charge is 2.24. The van der Waals surface area contributed by atoms with E-state index in [9.17, 15) is 0 Å². The molecule has 0 unspecified atom stereocenters. The number of para-hydroxylation sites is 2. The van der Waals surface area contributed by atoms with Crippen molar-refractivity contribution in [2.75, 3.05) is 4.90 Å². The Labute approximate surface area is 260 Å². The minimum Gasteiger partial charge on any atom is -0.456 e. The lowest BCUT2D eigenvalue weighted by atomic mass is 9.99. The van der Waals surface area contributed by atoms with Crippen molar-refractivity contribution in [1.29, 1.82) is 0 Å². The predicted octanol–water partition coefficient (Wildman–Crippen LogP) is 12.3. The van der Waals surface area contributed by atoms with Gasteiger partial charge in [-0.05, 0) is 65.2 Å². The molecule has 3 nitrogen and oxygen atoms in total. The number of fused-ring (bicyclic) bond motifs is 6. The summed E-state index contributed by atoms with van der Waals surface area (Å²) in [6.07, 6.45) is 0. The van der Waals surface area contributed by atoms with Gasteiger partial charge in [-0.2, -0.15) is 0 Å². The topological polar surface area (TPSA) is 29.5 Å². The molecular formula is C42H27NO2. The first-order chi connectivity index (χ1) is 22.3. The van der Waals surface area contributed by atoms with Crippen LogP contribution in [0, 0.1) is 0 Å². The second kappa shape index (κ2) is 10.3. The third kappa shape index (κ3) is 4.13. The molecule has 0 aliphatic heterocycles. The van der Waals surface area contributed by atoms with Crippen LogP contribution >= 0.6 is 0 Å². The molecule has 0 atom stereocenters. The van der Waals surface area contributed by atoms with Crippen molar-refractivity contribution >= 4 is 60.9 Å². The second-order valence-corrected chi connectivity index (χ2v) is 11.3. The maximum atomic E-state index is 6.68. The fourth-order valence-electron chi connectivity index (χ4n) is 6.63. The van der Waals surface area contributed by atoms with Gasteiger partial charge in [0.05, 0.1) is 22.1 Å². The van der Waals surface area contributed by atoms with Crippen molar-refractivity contribution in [3.8, 4) is 22.3 Å². The van der Waals surface area contributed by atoms with E-state index in [1.165, 1.54) is 11.1 Å². The first-order valence-electron chi connectivity index (χ1n) is 15.2. The van der Waals surface area contributed by atoms with Crippen molar-refractivity contribution in [2.24, 2.45) is 0 Å². The molecule has 0 amide bonds. The predicted molar refractivity (Wildman–Crippen MR) is 187 cm³/mol. The van der Waals surface area contributed by atoms with Crippen molar-refractivity contribution in [3.63, 3.8) is 0 Å². The van der Waals surface area contributed by atoms with Gasteiger partial charge in [-0.3, -0.25) is 0 Å². The summed E-state index contributed by atoms with van der Waals surface area (Å²) >= 11 is 0. The number of rotatable bonds is 5. The van der Waals surface area contributed by atoms with Crippen LogP contribution in [0.1, 0.15) is 0 Å². The standard InChI is InChI=1S/C42H27NO2/c1-3-12-28(13-4-1)29-22-24-31(25-23-29)43(35-18-11-21-39-40(35)33-16-7-9-19-37(33)44-39)36-27-26-32(30-14-5-2-6-15-30)42-41(36)34-17-8-10-20-38(34)45-42/h1-27H. The molecular weight excluding hydrogens is 550 g/mol. The molecule has 0 saturated carbocycles. The number of hydrogen-bond donors (Lipinski definition) is 0. The van der Waals surface area contributed by atoms with Crippen LogP contribution in [-0.4, -0.2) is 0 Å². The fraction of sp³-hybridized carbons (Fsp3) is 0. The van der Waals surface area contributed by atoms with E-state index in [2.05, 4.69) is 144 Å². The molecule has 9 aromatic rings. The van der Waals surface area contributed by atoms with Crippen LogP contribution in [0.4, 0.5) is 17.1 Å². The Morgan fingerprint density at radius 2 is 0.911 bits per heavy atom. The molecule has 0 N–H and O–H groups in total. The molecule has 3 heteroatoms. The largest absolute Gasteiger partial charge is 0.456 e. The molecule has 0 aliphatic rings. The zero-order chi connectivity index (χ0) is 29.7. The van der Waals surface area contributed by atoms with E-state index in [0.29, 0.717) is 0 Å². The van der Waals surface area contributed by atoms with Crippen molar-refractivity contribution in [2.45, 2.75) is 0 Å². The number of furan rings is 2. The first-order valence-corrected chi connectivity index (χ1v) is 15.2. The van der Waals surface area contributed by atoms with E-state index < -0.39 is 0 Å². The van der Waals surface area contributed by atoms with Crippen LogP contribution in [-0.2, 0) is 0 Å². The Kier molecular flexibility index (Phi) is 5.82. The number of benzene rings is 7. The minimum absolute atomic E-state index is 0.855. The maximum Gasteiger partial charge on any atom is 0.145 e. The van der Waals surface area contributed by atoms with E-state index in [1.807, 2.05) is 24.3 Å². The molecule has 2 heterocycles. The van der Waals surface area contributed by atoms with Gasteiger partial charge in [0, 0.05) is 22.0 Å². The van der Waals surface area contributed by atoms with Gasteiger partial charge < -0.3 is 13.7 Å². The molecule has 0 fully saturated rings. The lowest BCUT2D eigenvalue weighted by Gasteiger charge is -2.27. The summed E-state index contributed by atoms with van der Waals surface area (Å²) in [6.45, 7) is 0. The van der Waals surface area contributed by atoms with E-state index in [-0.39, 0.29) is 0 Å². The van der Waals surface area contributed by atoms with Gasteiger partial charge in [0.1, 0.15) is 22.3 Å². The summed E-state index contributed by atoms with van der Waals surface area (Å²) in [6, 6.07) is 57.1. The molecule has 7 aromatic carbocycles. The quantitative estimate of drug-likeness (QED) is 0.204. The van der Waals surface area contributed by atoms with E-state index in [4.69, 9.17) is 8.83 Å². The highest BCUT2D eigenvalue weighted by molar-refractivity contribution is 6.19. The number of hydrogen-bond acceptors (Lipinski definition) is 3. The van der Waals surface area contributed by atoms with Crippen LogP contribution in [0.15, 0.2) is 173 Å². The monoisotopic (exact) mass is 577 g/mol. The molecule has 0 spiro atoms. The molecule has 0 radical (unpaired) electrons. The van der Waals surface area contributed by atoms with Crippen LogP contribution in [0.3, 0.4) is 0 Å². The Hall–Kier alpha value is -6.06. The summed E-state index contributed by atoms with van der Waals surface area (Å²) in [5, 5.41) is 4.32. The molecule has 212 valence electrons. The van der Waals surface area contributed by atoms with E-state index in [1.54, 1.807) is 0 Å². The third-order valence-electron chi connectivity index (χ3n) is 8.68. The van der Waals surface area contributed by atoms with E-state index in [0.717, 1.165) is 72.1 Å². The van der Waals surface area contributed by atoms with Crippen molar-refractivity contribution < 1.29 is 8.83 Å². The average molecular weight is 578 g/mol. The van der Waals surface area contributed by atoms with Crippen LogP contribution in [0.2, 0.25) is 0 Å². The third-order valence-corrected chi connectivity index (χ3v) is 8.68. The number of anilines is 3. The Morgan fingerprint density at radius 1 is 0.356 bits per heavy atom. The molecule has 45 heavy (non-hydrogen) atoms. The molecule has 0 saturated heterocycles. The summed E-state index contributed by atoms with van der Waals surface area (Å²) in [7, 11) is 0. The first kappa shape index (κ1) is 25.4. The van der Waals surface area contributed by atoms with Crippen LogP contribution < -0.4 is 4.90 Å². The zero-order valence-electron chi connectivity index (χ0n) is 24.4. The van der Waals surface area contributed by atoms with Crippen molar-refractivity contribution in [1.82, 2.24) is 0 Å². The summed E-state index contributed by atoms with van der Waals surface area (Å²) in [5.74, 6) is 0. The molecule has 9 rings (SSSR count). The lowest BCUT2D eigenvalue weighted by molar-refractivity contribution is 0.669. The molecule has 2 aromatic heterocycles. The zero-order valence-corrected chi connectivity index (χ0v) is 24.4. The van der Waals surface area contributed by atoms with Gasteiger partial charge in [0.2, 0.25) is 0 Å². The normalized spacial score (nSPS) is 11.6. The highest BCUT2D eigenvalue weighted by atomic mass is 16.3. The second-order valence-electron chi connectivity index (χ2n) is 11.3. The van der Waals surface area contributed by atoms with E-state index >= 15 is 0 Å². The maximum absolute atomic E-state index is 6.68. The van der Waals surface area contributed by atoms with Crippen molar-refractivity contribution in [3.05, 3.63) is 164 Å². The SMILES string of the molecule is c1ccc(-c2ccc(N(c3cccc4oc5ccccc5c34)c3ccc(-c4ccccc4)c4oc5ccccc5c34)cc2)cc1. The van der Waals surface area contributed by atoms with Gasteiger partial charge in [0.15, 0.2) is 0 Å². The minimum atomic E-state index is 0.855. The summed E-state index contributed by atoms with van der Waals surface area (Å²) in [5.41, 5.74) is 11.1. The summed E-state index contributed by atoms with van der Waals surface area (Å²) < 4.78 is 13.0. The highest BCUT2D eigenvalue weighted by Crippen LogP contribution is 2.48. The van der Waals surface area contributed by atoms with Gasteiger partial charge in [-0.15, -0.1) is 0 Å². The molecule has 0 bridgehead atoms. The fourth-order valence-corrected chi connectivity index (χ4v) is 6.63. The smallest absolute Gasteiger partial charge is 0.145 e. The Bertz CT molecular complexity index is 2470. The van der Waals surface area contributed by atoms with Gasteiger partial charge in [-0.25, -0.2) is 0 Å². The van der Waals surface area contributed by atoms with Crippen LogP contribution in [0.5, 0.6) is 0 Å². The Morgan fingerprint density at radius 3 is 1.64 bits per heavy atom. The van der Waals surface area contributed by atoms with Gasteiger partial charge in [-0.1, -0.05) is 115 Å². The summed E-state index contributed by atoms with van der Waals surface area (Å²) in [4.78, 5) is 2.36. The molecule has 0 aliphatic carbocycles. The number of nitrogens with zero attached hydrogens (tertiary/aromatic N) is 1. The van der Waals surface area contributed by atoms with Gasteiger partial charge >= 0.3 is 0 Å². The van der Waals surface area contributed by atoms with Crippen LogP contribution in [0.25, 0.3) is 66.1 Å². The lowest BCUT2D eigenvalue weighted by Crippen LogP contribution is -2.11.